The number of nitrogens with one attached hydrogen (secondary N) is 1. The summed E-state index contributed by atoms with van der Waals surface area (Å²) in [5, 5.41) is 12.5. The van der Waals surface area contributed by atoms with Crippen molar-refractivity contribution >= 4 is 11.5 Å². The van der Waals surface area contributed by atoms with Crippen molar-refractivity contribution in [1.82, 2.24) is 9.13 Å². The Morgan fingerprint density at radius 1 is 1.37 bits per heavy atom. The van der Waals surface area contributed by atoms with Gasteiger partial charge in [-0.25, -0.2) is 4.79 Å². The van der Waals surface area contributed by atoms with Gasteiger partial charge in [-0.2, -0.15) is 0 Å². The molecule has 108 valence electrons. The second kappa shape index (κ2) is 5.48. The first-order chi connectivity index (χ1) is 8.69. The van der Waals surface area contributed by atoms with Gasteiger partial charge in [0.05, 0.1) is 5.60 Å². The van der Waals surface area contributed by atoms with Crippen molar-refractivity contribution in [3.8, 4) is 0 Å². The van der Waals surface area contributed by atoms with E-state index in [9.17, 15) is 14.7 Å². The molecule has 4 N–H and O–H groups in total. The normalized spacial score (nSPS) is 11.6. The van der Waals surface area contributed by atoms with Crippen molar-refractivity contribution < 1.29 is 5.11 Å². The third-order valence-corrected chi connectivity index (χ3v) is 2.73. The molecule has 1 rings (SSSR count). The summed E-state index contributed by atoms with van der Waals surface area (Å²) in [4.78, 5) is 23.9. The Kier molecular flexibility index (Phi) is 4.41. The Balaban J connectivity index is 3.32. The molecule has 7 heteroatoms. The number of nitrogens with two attached hydrogens (primary N) is 1. The molecule has 0 fully saturated rings. The van der Waals surface area contributed by atoms with Crippen LogP contribution in [0.15, 0.2) is 9.59 Å². The third-order valence-electron chi connectivity index (χ3n) is 2.73. The van der Waals surface area contributed by atoms with Crippen LogP contribution >= 0.6 is 0 Å². The smallest absolute Gasteiger partial charge is 0.332 e. The first-order valence-corrected chi connectivity index (χ1v) is 6.24. The monoisotopic (exact) mass is 270 g/mol. The molecule has 0 aliphatic heterocycles. The molecule has 1 aromatic rings. The summed E-state index contributed by atoms with van der Waals surface area (Å²) < 4.78 is 2.37. The van der Waals surface area contributed by atoms with Crippen molar-refractivity contribution in [1.29, 1.82) is 0 Å². The minimum absolute atomic E-state index is 0.110. The predicted molar refractivity (Wildman–Crippen MR) is 75.4 cm³/mol. The number of anilines is 2. The first-order valence-electron chi connectivity index (χ1n) is 6.24. The van der Waals surface area contributed by atoms with Crippen LogP contribution in [0.1, 0.15) is 27.2 Å². The minimum Gasteiger partial charge on any atom is -0.389 e. The number of aliphatic hydroxyl groups is 1. The molecule has 0 bridgehead atoms. The van der Waals surface area contributed by atoms with Gasteiger partial charge in [-0.15, -0.1) is 0 Å². The Hall–Kier alpha value is -1.76. The lowest BCUT2D eigenvalue weighted by Crippen LogP contribution is -2.42. The van der Waals surface area contributed by atoms with Crippen molar-refractivity contribution in [3.05, 3.63) is 20.8 Å². The van der Waals surface area contributed by atoms with Crippen LogP contribution in [0.3, 0.4) is 0 Å². The summed E-state index contributed by atoms with van der Waals surface area (Å²) in [6.07, 6.45) is 0.729. The topological polar surface area (TPSA) is 102 Å². The van der Waals surface area contributed by atoms with E-state index in [2.05, 4.69) is 5.32 Å². The summed E-state index contributed by atoms with van der Waals surface area (Å²) in [6.45, 7) is 5.75. The van der Waals surface area contributed by atoms with Gasteiger partial charge >= 0.3 is 5.69 Å². The molecule has 0 amide bonds. The summed E-state index contributed by atoms with van der Waals surface area (Å²) in [6, 6.07) is 0. The Bertz CT molecular complexity index is 566. The minimum atomic E-state index is -0.983. The molecular weight excluding hydrogens is 248 g/mol. The summed E-state index contributed by atoms with van der Waals surface area (Å²) in [5.41, 5.74) is 4.12. The lowest BCUT2D eigenvalue weighted by atomic mass is 10.1. The second-order valence-electron chi connectivity index (χ2n) is 5.22. The van der Waals surface area contributed by atoms with E-state index in [1.54, 1.807) is 13.8 Å². The van der Waals surface area contributed by atoms with Crippen LogP contribution in [-0.4, -0.2) is 26.4 Å². The van der Waals surface area contributed by atoms with Gasteiger partial charge in [0.15, 0.2) is 0 Å². The quantitative estimate of drug-likeness (QED) is 0.683. The number of nitrogens with zero attached hydrogens (tertiary/aromatic N) is 2. The lowest BCUT2D eigenvalue weighted by molar-refractivity contribution is 0.0945. The first kappa shape index (κ1) is 15.3. The zero-order chi connectivity index (χ0) is 14.8. The fourth-order valence-electron chi connectivity index (χ4n) is 1.69. The maximum atomic E-state index is 12.0. The molecule has 0 spiro atoms. The summed E-state index contributed by atoms with van der Waals surface area (Å²) in [7, 11) is 1.41. The van der Waals surface area contributed by atoms with Crippen molar-refractivity contribution in [3.63, 3.8) is 0 Å². The van der Waals surface area contributed by atoms with Gasteiger partial charge in [-0.3, -0.25) is 13.9 Å². The predicted octanol–water partition coefficient (Wildman–Crippen LogP) is -0.278. The van der Waals surface area contributed by atoms with Crippen molar-refractivity contribution in [2.45, 2.75) is 39.3 Å². The van der Waals surface area contributed by atoms with Crippen molar-refractivity contribution in [2.24, 2.45) is 7.05 Å². The highest BCUT2D eigenvalue weighted by molar-refractivity contribution is 5.60. The molecule has 0 saturated heterocycles. The van der Waals surface area contributed by atoms with E-state index in [-0.39, 0.29) is 18.1 Å². The molecule has 0 radical (unpaired) electrons. The highest BCUT2D eigenvalue weighted by Crippen LogP contribution is 2.12. The molecule has 0 aliphatic carbocycles. The molecule has 1 heterocycles. The molecule has 0 unspecified atom stereocenters. The summed E-state index contributed by atoms with van der Waals surface area (Å²) in [5.74, 6) is 0.110. The van der Waals surface area contributed by atoms with Gasteiger partial charge in [0.2, 0.25) is 0 Å². The van der Waals surface area contributed by atoms with Crippen LogP contribution in [0.4, 0.5) is 11.5 Å². The van der Waals surface area contributed by atoms with Gasteiger partial charge < -0.3 is 16.2 Å². The summed E-state index contributed by atoms with van der Waals surface area (Å²) >= 11 is 0. The van der Waals surface area contributed by atoms with E-state index < -0.39 is 16.9 Å². The number of nitrogen functional groups attached to an aromatic ring is 1. The number of hydrogen-bond donors (Lipinski definition) is 3. The second-order valence-corrected chi connectivity index (χ2v) is 5.22. The van der Waals surface area contributed by atoms with Crippen LogP contribution in [0.2, 0.25) is 0 Å². The lowest BCUT2D eigenvalue weighted by Gasteiger charge is -2.20. The van der Waals surface area contributed by atoms with Crippen LogP contribution in [0.5, 0.6) is 0 Å². The maximum Gasteiger partial charge on any atom is 0.332 e. The molecule has 0 aromatic carbocycles. The largest absolute Gasteiger partial charge is 0.389 e. The Morgan fingerprint density at radius 2 is 1.95 bits per heavy atom. The highest BCUT2D eigenvalue weighted by Gasteiger charge is 2.18. The van der Waals surface area contributed by atoms with Gasteiger partial charge in [-0.05, 0) is 20.3 Å². The zero-order valence-electron chi connectivity index (χ0n) is 11.9. The van der Waals surface area contributed by atoms with Crippen molar-refractivity contribution in [2.75, 3.05) is 17.6 Å². The molecule has 19 heavy (non-hydrogen) atoms. The van der Waals surface area contributed by atoms with Crippen LogP contribution < -0.4 is 22.3 Å². The van der Waals surface area contributed by atoms with E-state index in [0.717, 1.165) is 11.0 Å². The average molecular weight is 270 g/mol. The van der Waals surface area contributed by atoms with E-state index in [4.69, 9.17) is 5.73 Å². The van der Waals surface area contributed by atoms with E-state index in [1.807, 2.05) is 6.92 Å². The fraction of sp³-hybridized carbons (Fsp3) is 0.667. The Labute approximate surface area is 111 Å². The van der Waals surface area contributed by atoms with E-state index in [0.29, 0.717) is 6.54 Å². The zero-order valence-corrected chi connectivity index (χ0v) is 11.9. The number of rotatable bonds is 5. The molecule has 0 atom stereocenters. The highest BCUT2D eigenvalue weighted by atomic mass is 16.3. The molecular formula is C12H22N4O3. The van der Waals surface area contributed by atoms with E-state index >= 15 is 0 Å². The molecule has 0 aliphatic rings. The van der Waals surface area contributed by atoms with E-state index in [1.165, 1.54) is 11.6 Å². The molecule has 7 nitrogen and oxygen atoms in total. The van der Waals surface area contributed by atoms with Gasteiger partial charge in [0, 0.05) is 20.1 Å². The Morgan fingerprint density at radius 3 is 2.42 bits per heavy atom. The van der Waals surface area contributed by atoms with Crippen LogP contribution in [-0.2, 0) is 13.6 Å². The fourth-order valence-corrected chi connectivity index (χ4v) is 1.69. The average Bonchev–Trinajstić information content (AvgIpc) is 2.30. The van der Waals surface area contributed by atoms with Gasteiger partial charge in [0.25, 0.3) is 5.56 Å². The van der Waals surface area contributed by atoms with Crippen LogP contribution in [0, 0.1) is 0 Å². The third kappa shape index (κ3) is 3.37. The number of hydrogen-bond acceptors (Lipinski definition) is 5. The van der Waals surface area contributed by atoms with Gasteiger partial charge in [-0.1, -0.05) is 6.92 Å². The van der Waals surface area contributed by atoms with Gasteiger partial charge in [0.1, 0.15) is 11.5 Å². The number of aromatic nitrogens is 2. The standard InChI is InChI=1S/C12H22N4O3/c1-5-6-16-9(13)8(14-7-12(2,3)19)10(17)15(4)11(16)18/h14,19H,5-7,13H2,1-4H3. The van der Waals surface area contributed by atoms with Crippen LogP contribution in [0.25, 0.3) is 0 Å². The molecule has 0 saturated carbocycles. The maximum absolute atomic E-state index is 12.0. The molecule has 1 aromatic heterocycles. The SMILES string of the molecule is CCCn1c(N)c(NCC(C)(C)O)c(=O)n(C)c1=O.